The number of rotatable bonds is 4. The summed E-state index contributed by atoms with van der Waals surface area (Å²) in [7, 11) is 0. The first-order valence-electron chi connectivity index (χ1n) is 9.38. The van der Waals surface area contributed by atoms with Crippen molar-refractivity contribution < 1.29 is 0 Å². The Kier molecular flexibility index (Phi) is 4.33. The van der Waals surface area contributed by atoms with Crippen LogP contribution in [0.5, 0.6) is 0 Å². The van der Waals surface area contributed by atoms with E-state index in [4.69, 9.17) is 0 Å². The average molecular weight is 325 g/mol. The van der Waals surface area contributed by atoms with E-state index in [1.54, 1.807) is 25.7 Å². The molecule has 2 atom stereocenters. The van der Waals surface area contributed by atoms with E-state index < -0.39 is 0 Å². The second-order valence-electron chi connectivity index (χ2n) is 8.79. The van der Waals surface area contributed by atoms with Gasteiger partial charge in [-0.05, 0) is 80.5 Å². The summed E-state index contributed by atoms with van der Waals surface area (Å²) >= 11 is 4.44. The van der Waals surface area contributed by atoms with Gasteiger partial charge in [0.2, 0.25) is 0 Å². The highest BCUT2D eigenvalue weighted by Gasteiger charge is 2.44. The normalized spacial score (nSPS) is 47.1. The van der Waals surface area contributed by atoms with Crippen molar-refractivity contribution in [3.8, 4) is 0 Å². The molecule has 0 aromatic rings. The lowest BCUT2D eigenvalue weighted by atomic mass is 9.59. The van der Waals surface area contributed by atoms with Crippen LogP contribution in [0, 0.1) is 29.1 Å². The number of hydrogen-bond acceptors (Lipinski definition) is 2. The second kappa shape index (κ2) is 5.96. The van der Waals surface area contributed by atoms with E-state index in [1.165, 1.54) is 37.2 Å². The molecule has 0 spiro atoms. The zero-order chi connectivity index (χ0) is 14.4. The minimum Gasteiger partial charge on any atom is -0.156 e. The fraction of sp³-hybridized carbons (Fsp3) is 1.00. The van der Waals surface area contributed by atoms with Crippen LogP contribution >= 0.6 is 23.5 Å². The topological polar surface area (TPSA) is 0 Å². The van der Waals surface area contributed by atoms with Crippen LogP contribution in [0.1, 0.15) is 65.2 Å². The first-order chi connectivity index (χ1) is 10.1. The Hall–Kier alpha value is 0.700. The van der Waals surface area contributed by atoms with Crippen molar-refractivity contribution in [2.24, 2.45) is 29.1 Å². The molecule has 120 valence electrons. The van der Waals surface area contributed by atoms with Gasteiger partial charge in [0.15, 0.2) is 0 Å². The molecule has 4 fully saturated rings. The SMILES string of the molecule is CC(C)(C1CCC(C2CS2)CC1)C1CCC(C2CS2)CC1. The summed E-state index contributed by atoms with van der Waals surface area (Å²) in [6.45, 7) is 5.25. The average Bonchev–Trinajstić information content (AvgIpc) is 3.41. The van der Waals surface area contributed by atoms with Gasteiger partial charge in [0.25, 0.3) is 0 Å². The van der Waals surface area contributed by atoms with Crippen LogP contribution in [0.25, 0.3) is 0 Å². The molecule has 2 heteroatoms. The van der Waals surface area contributed by atoms with E-state index in [-0.39, 0.29) is 0 Å². The van der Waals surface area contributed by atoms with Gasteiger partial charge in [0.05, 0.1) is 0 Å². The molecular weight excluding hydrogens is 292 g/mol. The molecule has 4 aliphatic rings. The van der Waals surface area contributed by atoms with Gasteiger partial charge >= 0.3 is 0 Å². The van der Waals surface area contributed by atoms with Gasteiger partial charge in [-0.25, -0.2) is 0 Å². The van der Waals surface area contributed by atoms with Gasteiger partial charge < -0.3 is 0 Å². The van der Waals surface area contributed by atoms with Gasteiger partial charge in [-0.2, -0.15) is 23.5 Å². The van der Waals surface area contributed by atoms with Crippen LogP contribution in [-0.4, -0.2) is 22.0 Å². The molecule has 0 radical (unpaired) electrons. The summed E-state index contributed by atoms with van der Waals surface area (Å²) in [6, 6.07) is 0. The Morgan fingerprint density at radius 1 is 0.619 bits per heavy atom. The van der Waals surface area contributed by atoms with Gasteiger partial charge in [-0.3, -0.25) is 0 Å². The lowest BCUT2D eigenvalue weighted by molar-refractivity contribution is 0.0404. The Balaban J connectivity index is 1.30. The Bertz CT molecular complexity index is 320. The third-order valence-electron chi connectivity index (χ3n) is 7.42. The summed E-state index contributed by atoms with van der Waals surface area (Å²) in [4.78, 5) is 0. The third-order valence-corrected chi connectivity index (χ3v) is 9.62. The molecule has 0 N–H and O–H groups in total. The van der Waals surface area contributed by atoms with Crippen molar-refractivity contribution in [3.05, 3.63) is 0 Å². The van der Waals surface area contributed by atoms with E-state index in [9.17, 15) is 0 Å². The lowest BCUT2D eigenvalue weighted by Gasteiger charge is -2.47. The molecule has 2 aliphatic heterocycles. The summed E-state index contributed by atoms with van der Waals surface area (Å²) in [6.07, 6.45) is 12.3. The smallest absolute Gasteiger partial charge is 0.0166 e. The monoisotopic (exact) mass is 324 g/mol. The van der Waals surface area contributed by atoms with Crippen LogP contribution in [0.15, 0.2) is 0 Å². The molecular formula is C19H32S2. The molecule has 2 saturated carbocycles. The molecule has 0 bridgehead atoms. The van der Waals surface area contributed by atoms with Crippen molar-refractivity contribution in [2.75, 3.05) is 11.5 Å². The van der Waals surface area contributed by atoms with Gasteiger partial charge in [-0.15, -0.1) is 0 Å². The molecule has 21 heavy (non-hydrogen) atoms. The molecule has 2 heterocycles. The largest absolute Gasteiger partial charge is 0.156 e. The molecule has 0 nitrogen and oxygen atoms in total. The maximum Gasteiger partial charge on any atom is 0.0166 e. The standard InChI is InChI=1S/C19H32S2/c1-19(2,15-7-3-13(4-8-15)17-11-20-17)16-9-5-14(6-10-16)18-12-21-18/h13-18H,3-12H2,1-2H3. The highest BCUT2D eigenvalue weighted by atomic mass is 32.2. The van der Waals surface area contributed by atoms with Crippen molar-refractivity contribution >= 4 is 23.5 Å². The summed E-state index contributed by atoms with van der Waals surface area (Å²) in [5, 5.41) is 2.14. The minimum atomic E-state index is 0.614. The molecule has 0 aromatic heterocycles. The molecule has 0 amide bonds. The molecule has 2 aliphatic carbocycles. The third kappa shape index (κ3) is 3.32. The van der Waals surface area contributed by atoms with Gasteiger partial charge in [0, 0.05) is 22.0 Å². The number of hydrogen-bond donors (Lipinski definition) is 0. The minimum absolute atomic E-state index is 0.614. The fourth-order valence-corrected chi connectivity index (χ4v) is 7.31. The van der Waals surface area contributed by atoms with E-state index >= 15 is 0 Å². The highest BCUT2D eigenvalue weighted by molar-refractivity contribution is 8.07. The quantitative estimate of drug-likeness (QED) is 0.594. The fourth-order valence-electron chi connectivity index (χ4n) is 5.46. The first-order valence-corrected chi connectivity index (χ1v) is 11.5. The highest BCUT2D eigenvalue weighted by Crippen LogP contribution is 2.54. The van der Waals surface area contributed by atoms with E-state index in [0.717, 1.165) is 34.2 Å². The summed E-state index contributed by atoms with van der Waals surface area (Å²) in [5.74, 6) is 7.17. The number of thioether (sulfide) groups is 2. The zero-order valence-electron chi connectivity index (χ0n) is 13.9. The molecule has 2 unspecified atom stereocenters. The summed E-state index contributed by atoms with van der Waals surface area (Å²) in [5.41, 5.74) is 0.614. The Morgan fingerprint density at radius 3 is 1.24 bits per heavy atom. The second-order valence-corrected chi connectivity index (χ2v) is 11.3. The van der Waals surface area contributed by atoms with Crippen LogP contribution in [0.2, 0.25) is 0 Å². The zero-order valence-corrected chi connectivity index (χ0v) is 15.5. The van der Waals surface area contributed by atoms with Crippen LogP contribution < -0.4 is 0 Å². The Labute approximate surface area is 140 Å². The van der Waals surface area contributed by atoms with E-state index in [1.807, 2.05) is 0 Å². The van der Waals surface area contributed by atoms with Crippen LogP contribution in [0.4, 0.5) is 0 Å². The molecule has 0 aromatic carbocycles. The molecule has 4 rings (SSSR count). The van der Waals surface area contributed by atoms with Crippen molar-refractivity contribution in [3.63, 3.8) is 0 Å². The van der Waals surface area contributed by atoms with Crippen molar-refractivity contribution in [2.45, 2.75) is 75.7 Å². The maximum absolute atomic E-state index is 2.63. The van der Waals surface area contributed by atoms with Crippen LogP contribution in [-0.2, 0) is 0 Å². The van der Waals surface area contributed by atoms with Crippen molar-refractivity contribution in [1.29, 1.82) is 0 Å². The first kappa shape index (κ1) is 15.2. The van der Waals surface area contributed by atoms with E-state index in [2.05, 4.69) is 37.4 Å². The predicted molar refractivity (Wildman–Crippen MR) is 97.2 cm³/mol. The molecule has 2 saturated heterocycles. The Morgan fingerprint density at radius 2 is 0.952 bits per heavy atom. The predicted octanol–water partition coefficient (Wildman–Crippen LogP) is 5.86. The lowest BCUT2D eigenvalue weighted by Crippen LogP contribution is -2.38. The van der Waals surface area contributed by atoms with Gasteiger partial charge in [0.1, 0.15) is 0 Å². The van der Waals surface area contributed by atoms with Crippen LogP contribution in [0.3, 0.4) is 0 Å². The van der Waals surface area contributed by atoms with E-state index in [0.29, 0.717) is 5.41 Å². The summed E-state index contributed by atoms with van der Waals surface area (Å²) < 4.78 is 0. The van der Waals surface area contributed by atoms with Gasteiger partial charge in [-0.1, -0.05) is 13.8 Å². The maximum atomic E-state index is 2.63. The van der Waals surface area contributed by atoms with Crippen molar-refractivity contribution in [1.82, 2.24) is 0 Å².